The first-order valence-corrected chi connectivity index (χ1v) is 11.0. The number of carbonyl (C=O) groups excluding carboxylic acids is 2. The molecule has 26 heavy (non-hydrogen) atoms. The molecule has 0 fully saturated rings. The Hall–Kier alpha value is -0.970. The lowest BCUT2D eigenvalue weighted by atomic mass is 10.0. The van der Waals surface area contributed by atoms with Crippen molar-refractivity contribution in [3.05, 3.63) is 16.5 Å². The minimum absolute atomic E-state index is 0.0868. The van der Waals surface area contributed by atoms with E-state index in [0.717, 1.165) is 6.42 Å². The van der Waals surface area contributed by atoms with Crippen LogP contribution in [0.5, 0.6) is 0 Å². The van der Waals surface area contributed by atoms with Crippen molar-refractivity contribution in [1.82, 2.24) is 4.72 Å². The lowest BCUT2D eigenvalue weighted by Crippen LogP contribution is -2.44. The van der Waals surface area contributed by atoms with Crippen molar-refractivity contribution in [2.75, 3.05) is 6.54 Å². The quantitative estimate of drug-likeness (QED) is 0.461. The molecule has 1 heterocycles. The number of halogens is 1. The van der Waals surface area contributed by atoms with Crippen LogP contribution in [0.15, 0.2) is 15.7 Å². The summed E-state index contributed by atoms with van der Waals surface area (Å²) in [5.41, 5.74) is 16.3. The van der Waals surface area contributed by atoms with Crippen LogP contribution in [0, 0.1) is 5.92 Å². The number of rotatable bonds is 8. The van der Waals surface area contributed by atoms with E-state index in [0.29, 0.717) is 21.6 Å². The summed E-state index contributed by atoms with van der Waals surface area (Å²) in [6.45, 7) is 5.94. The highest BCUT2D eigenvalue weighted by Crippen LogP contribution is 2.23. The number of nitrogens with one attached hydrogen (secondary N) is 1. The number of amides is 1. The van der Waals surface area contributed by atoms with Gasteiger partial charge in [-0.2, -0.15) is 0 Å². The Balaban J connectivity index is 0.000000590. The fourth-order valence-electron chi connectivity index (χ4n) is 1.74. The average Bonchev–Trinajstić information content (AvgIpc) is 2.94. The van der Waals surface area contributed by atoms with Gasteiger partial charge in [0.1, 0.15) is 9.99 Å². The molecule has 0 spiro atoms. The molecule has 7 nitrogen and oxygen atoms in total. The molecule has 150 valence electrons. The van der Waals surface area contributed by atoms with Gasteiger partial charge in [0.05, 0.1) is 26.8 Å². The highest BCUT2D eigenvalue weighted by molar-refractivity contribution is 8.00. The number of ketones is 1. The van der Waals surface area contributed by atoms with Crippen LogP contribution < -0.4 is 21.9 Å². The van der Waals surface area contributed by atoms with Crippen molar-refractivity contribution in [3.63, 3.8) is 0 Å². The SMILES string of the molecule is C=S(=O)(NC(=O)[C@@H](N)CCN)c1cc(Cl)cs1.CC(=O)C(N)CC(C)C. The molecule has 7 N–H and O–H groups in total. The van der Waals surface area contributed by atoms with Crippen LogP contribution in [0.2, 0.25) is 5.02 Å². The highest BCUT2D eigenvalue weighted by Gasteiger charge is 2.18. The zero-order chi connectivity index (χ0) is 20.5. The number of hydrogen-bond acceptors (Lipinski definition) is 7. The molecule has 3 atom stereocenters. The van der Waals surface area contributed by atoms with E-state index < -0.39 is 21.7 Å². The lowest BCUT2D eigenvalue weighted by molar-refractivity contribution is -0.120. The third kappa shape index (κ3) is 9.65. The predicted molar refractivity (Wildman–Crippen MR) is 111 cm³/mol. The van der Waals surface area contributed by atoms with Gasteiger partial charge in [-0.3, -0.25) is 14.3 Å². The number of nitrogens with two attached hydrogens (primary N) is 3. The Morgan fingerprint density at radius 1 is 1.35 bits per heavy atom. The molecule has 0 aliphatic carbocycles. The molecule has 0 bridgehead atoms. The summed E-state index contributed by atoms with van der Waals surface area (Å²) in [5.74, 6) is 3.57. The van der Waals surface area contributed by atoms with Crippen molar-refractivity contribution < 1.29 is 13.8 Å². The second-order valence-electron chi connectivity index (χ2n) is 6.26. The van der Waals surface area contributed by atoms with Gasteiger partial charge in [0.2, 0.25) is 5.91 Å². The average molecular weight is 425 g/mol. The van der Waals surface area contributed by atoms with Gasteiger partial charge >= 0.3 is 0 Å². The van der Waals surface area contributed by atoms with Gasteiger partial charge in [0.25, 0.3) is 0 Å². The first-order valence-electron chi connectivity index (χ1n) is 8.05. The summed E-state index contributed by atoms with van der Waals surface area (Å²) < 4.78 is 14.9. The topological polar surface area (TPSA) is 141 Å². The maximum Gasteiger partial charge on any atom is 0.248 e. The van der Waals surface area contributed by atoms with Crippen LogP contribution in [-0.2, 0) is 19.3 Å². The van der Waals surface area contributed by atoms with E-state index in [2.05, 4.69) is 24.4 Å². The lowest BCUT2D eigenvalue weighted by Gasteiger charge is -2.13. The van der Waals surface area contributed by atoms with Gasteiger partial charge in [-0.15, -0.1) is 11.3 Å². The van der Waals surface area contributed by atoms with Gasteiger partial charge in [0, 0.05) is 5.38 Å². The van der Waals surface area contributed by atoms with Crippen molar-refractivity contribution in [3.8, 4) is 0 Å². The first-order chi connectivity index (χ1) is 11.9. The Morgan fingerprint density at radius 3 is 2.27 bits per heavy atom. The van der Waals surface area contributed by atoms with E-state index in [-0.39, 0.29) is 18.4 Å². The van der Waals surface area contributed by atoms with Crippen LogP contribution in [0.3, 0.4) is 0 Å². The van der Waals surface area contributed by atoms with E-state index in [4.69, 9.17) is 28.8 Å². The van der Waals surface area contributed by atoms with Crippen LogP contribution >= 0.6 is 22.9 Å². The molecule has 0 radical (unpaired) electrons. The summed E-state index contributed by atoms with van der Waals surface area (Å²) in [6.07, 6.45) is 1.13. The largest absolute Gasteiger partial charge is 0.330 e. The van der Waals surface area contributed by atoms with Gasteiger partial charge in [-0.25, -0.2) is 4.21 Å². The van der Waals surface area contributed by atoms with E-state index in [9.17, 15) is 13.8 Å². The summed E-state index contributed by atoms with van der Waals surface area (Å²) in [4.78, 5) is 22.1. The molecule has 1 aromatic heterocycles. The van der Waals surface area contributed by atoms with Crippen molar-refractivity contribution in [1.29, 1.82) is 0 Å². The minimum atomic E-state index is -2.89. The zero-order valence-electron chi connectivity index (χ0n) is 15.4. The second kappa shape index (κ2) is 11.7. The Morgan fingerprint density at radius 2 is 1.92 bits per heavy atom. The minimum Gasteiger partial charge on any atom is -0.330 e. The molecule has 1 aromatic rings. The van der Waals surface area contributed by atoms with Crippen molar-refractivity contribution in [2.24, 2.45) is 23.1 Å². The summed E-state index contributed by atoms with van der Waals surface area (Å²) in [7, 11) is -2.89. The second-order valence-corrected chi connectivity index (χ2v) is 9.86. The molecule has 0 aromatic carbocycles. The molecular weight excluding hydrogens is 396 g/mol. The van der Waals surface area contributed by atoms with Crippen LogP contribution in [0.25, 0.3) is 0 Å². The zero-order valence-corrected chi connectivity index (χ0v) is 17.8. The monoisotopic (exact) mass is 424 g/mol. The Bertz CT molecular complexity index is 689. The summed E-state index contributed by atoms with van der Waals surface area (Å²) in [6, 6.07) is 0.485. The van der Waals surface area contributed by atoms with Gasteiger partial charge < -0.3 is 17.2 Å². The Kier molecular flexibility index (Phi) is 11.2. The molecule has 0 saturated carbocycles. The third-order valence-electron chi connectivity index (χ3n) is 3.20. The van der Waals surface area contributed by atoms with E-state index in [1.54, 1.807) is 5.38 Å². The Labute approximate surface area is 164 Å². The fourth-order valence-corrected chi connectivity index (χ4v) is 4.39. The van der Waals surface area contributed by atoms with Gasteiger partial charge in [-0.1, -0.05) is 25.4 Å². The summed E-state index contributed by atoms with van der Waals surface area (Å²) >= 11 is 6.89. The third-order valence-corrected chi connectivity index (χ3v) is 6.66. The summed E-state index contributed by atoms with van der Waals surface area (Å²) in [5, 5.41) is 2.08. The normalized spacial score (nSPS) is 15.4. The van der Waals surface area contributed by atoms with E-state index in [1.165, 1.54) is 24.3 Å². The van der Waals surface area contributed by atoms with Gasteiger partial charge in [0.15, 0.2) is 0 Å². The molecule has 1 amide bonds. The number of Topliss-reactive ketones (excluding diaryl/α,β-unsaturated/α-hetero) is 1. The highest BCUT2D eigenvalue weighted by atomic mass is 35.5. The smallest absolute Gasteiger partial charge is 0.248 e. The first kappa shape index (κ1) is 25.0. The van der Waals surface area contributed by atoms with E-state index in [1.807, 2.05) is 0 Å². The maximum absolute atomic E-state index is 12.1. The standard InChI is InChI=1S/C9H14ClN3O2S2.C7H15NO/c1-17(15,8-4-6(10)5-16-8)13-9(14)7(12)2-3-11;1-5(2)4-7(8)6(3)9/h4-5,7H,1-3,11-12H2,(H,13,14,15);5,7H,4,8H2,1-3H3/t7-,17?;/m0./s1. The molecule has 1 rings (SSSR count). The van der Waals surface area contributed by atoms with Crippen molar-refractivity contribution >= 4 is 50.2 Å². The molecule has 2 unspecified atom stereocenters. The van der Waals surface area contributed by atoms with Crippen LogP contribution in [0.1, 0.15) is 33.6 Å². The van der Waals surface area contributed by atoms with Crippen LogP contribution in [0.4, 0.5) is 0 Å². The molecule has 0 aliphatic rings. The fraction of sp³-hybridized carbons (Fsp3) is 0.562. The van der Waals surface area contributed by atoms with Gasteiger partial charge in [-0.05, 0) is 44.2 Å². The number of carbonyl (C=O) groups is 2. The number of thiophene rings is 1. The maximum atomic E-state index is 12.1. The van der Waals surface area contributed by atoms with Crippen molar-refractivity contribution in [2.45, 2.75) is 49.9 Å². The molecular formula is C16H29ClN4O3S2. The number of hydrogen-bond donors (Lipinski definition) is 4. The molecule has 10 heteroatoms. The molecule has 0 aliphatic heterocycles. The molecule has 0 saturated heterocycles. The van der Waals surface area contributed by atoms with E-state index >= 15 is 0 Å². The predicted octanol–water partition coefficient (Wildman–Crippen LogP) is 1.13. The van der Waals surface area contributed by atoms with Crippen LogP contribution in [-0.4, -0.2) is 40.4 Å².